The molecule has 13 heavy (non-hydrogen) atoms. The molecule has 0 radical (unpaired) electrons. The Hall–Kier alpha value is -0.730. The summed E-state index contributed by atoms with van der Waals surface area (Å²) >= 11 is 10.9. The number of ether oxygens (including phenoxy) is 1. The maximum Gasteiger partial charge on any atom is 0.259 e. The van der Waals surface area contributed by atoms with Gasteiger partial charge in [0.15, 0.2) is 6.61 Å². The fourth-order valence-electron chi connectivity index (χ4n) is 0.864. The Bertz CT molecular complexity index is 323. The average Bonchev–Trinajstić information content (AvgIpc) is 2.06. The fourth-order valence-corrected chi connectivity index (χ4v) is 1.08. The molecule has 0 aliphatic heterocycles. The van der Waals surface area contributed by atoms with Crippen LogP contribution in [0.4, 0.5) is 0 Å². The third-order valence-corrected chi connectivity index (χ3v) is 1.84. The third kappa shape index (κ3) is 3.25. The minimum Gasteiger partial charge on any atom is -0.484 e. The summed E-state index contributed by atoms with van der Waals surface area (Å²) in [6.07, 6.45) is 0. The Morgan fingerprint density at radius 2 is 2.23 bits per heavy atom. The molecule has 1 aromatic carbocycles. The van der Waals surface area contributed by atoms with Crippen molar-refractivity contribution in [2.24, 2.45) is 0 Å². The Morgan fingerprint density at radius 1 is 1.54 bits per heavy atom. The van der Waals surface area contributed by atoms with E-state index in [-0.39, 0.29) is 6.61 Å². The molecule has 0 spiro atoms. The maximum absolute atomic E-state index is 10.4. The average molecular weight is 219 g/mol. The molecule has 1 aromatic rings. The summed E-state index contributed by atoms with van der Waals surface area (Å²) in [5.41, 5.74) is 0.919. The van der Waals surface area contributed by atoms with Gasteiger partial charge in [0.2, 0.25) is 0 Å². The molecular formula is C9H8Cl2O2. The van der Waals surface area contributed by atoms with E-state index < -0.39 is 5.24 Å². The number of halogens is 2. The van der Waals surface area contributed by atoms with Gasteiger partial charge >= 0.3 is 0 Å². The van der Waals surface area contributed by atoms with E-state index >= 15 is 0 Å². The number of hydrogen-bond acceptors (Lipinski definition) is 2. The molecule has 0 fully saturated rings. The largest absolute Gasteiger partial charge is 0.484 e. The topological polar surface area (TPSA) is 26.3 Å². The number of benzene rings is 1. The number of rotatable bonds is 3. The van der Waals surface area contributed by atoms with E-state index in [2.05, 4.69) is 0 Å². The molecule has 0 aliphatic carbocycles. The summed E-state index contributed by atoms with van der Waals surface area (Å²) in [6.45, 7) is 1.73. The molecule has 2 nitrogen and oxygen atoms in total. The molecule has 0 saturated heterocycles. The van der Waals surface area contributed by atoms with Gasteiger partial charge in [0.1, 0.15) is 5.75 Å². The molecule has 0 saturated carbocycles. The lowest BCUT2D eigenvalue weighted by Crippen LogP contribution is -2.05. The first-order chi connectivity index (χ1) is 6.09. The predicted octanol–water partition coefficient (Wildman–Crippen LogP) is 2.79. The Labute approximate surface area is 86.4 Å². The second-order valence-electron chi connectivity index (χ2n) is 2.55. The zero-order chi connectivity index (χ0) is 9.84. The van der Waals surface area contributed by atoms with Crippen molar-refractivity contribution < 1.29 is 9.53 Å². The molecule has 0 bridgehead atoms. The van der Waals surface area contributed by atoms with Gasteiger partial charge in [0.25, 0.3) is 5.24 Å². The van der Waals surface area contributed by atoms with Gasteiger partial charge in [-0.2, -0.15) is 0 Å². The highest BCUT2D eigenvalue weighted by molar-refractivity contribution is 6.63. The normalized spacial score (nSPS) is 9.77. The minimum atomic E-state index is -0.528. The van der Waals surface area contributed by atoms with Crippen LogP contribution in [0.25, 0.3) is 0 Å². The summed E-state index contributed by atoms with van der Waals surface area (Å²) < 4.78 is 5.11. The second kappa shape index (κ2) is 4.49. The molecule has 0 aromatic heterocycles. The molecule has 0 amide bonds. The number of carbonyl (C=O) groups is 1. The van der Waals surface area contributed by atoms with Crippen LogP contribution in [0.1, 0.15) is 5.56 Å². The lowest BCUT2D eigenvalue weighted by atomic mass is 10.2. The smallest absolute Gasteiger partial charge is 0.259 e. The Balaban J connectivity index is 2.75. The standard InChI is InChI=1S/C9H8Cl2O2/c1-6-2-3-7(10)4-8(6)13-5-9(11)12/h2-4H,5H2,1H3. The summed E-state index contributed by atoms with van der Waals surface area (Å²) in [7, 11) is 0. The molecule has 0 atom stereocenters. The van der Waals surface area contributed by atoms with Crippen molar-refractivity contribution in [1.29, 1.82) is 0 Å². The quantitative estimate of drug-likeness (QED) is 0.730. The van der Waals surface area contributed by atoms with Crippen LogP contribution >= 0.6 is 23.2 Å². The van der Waals surface area contributed by atoms with E-state index in [9.17, 15) is 4.79 Å². The van der Waals surface area contributed by atoms with Gasteiger partial charge in [0.05, 0.1) is 0 Å². The monoisotopic (exact) mass is 218 g/mol. The first kappa shape index (κ1) is 10.4. The van der Waals surface area contributed by atoms with Gasteiger partial charge in [-0.15, -0.1) is 0 Å². The maximum atomic E-state index is 10.4. The molecular weight excluding hydrogens is 211 g/mol. The lowest BCUT2D eigenvalue weighted by Gasteiger charge is -2.06. The van der Waals surface area contributed by atoms with Crippen LogP contribution in [0.2, 0.25) is 5.02 Å². The summed E-state index contributed by atoms with van der Waals surface area (Å²) in [5, 5.41) is 0.0435. The van der Waals surface area contributed by atoms with Gasteiger partial charge in [0, 0.05) is 5.02 Å². The van der Waals surface area contributed by atoms with Crippen LogP contribution in [0.5, 0.6) is 5.75 Å². The van der Waals surface area contributed by atoms with Crippen molar-refractivity contribution >= 4 is 28.4 Å². The molecule has 0 unspecified atom stereocenters. The van der Waals surface area contributed by atoms with Crippen LogP contribution in [-0.4, -0.2) is 11.8 Å². The van der Waals surface area contributed by atoms with Crippen molar-refractivity contribution in [3.05, 3.63) is 28.8 Å². The molecule has 70 valence electrons. The SMILES string of the molecule is Cc1ccc(Cl)cc1OCC(=O)Cl. The molecule has 4 heteroatoms. The van der Waals surface area contributed by atoms with Crippen LogP contribution in [0, 0.1) is 6.92 Å². The highest BCUT2D eigenvalue weighted by atomic mass is 35.5. The Kier molecular flexibility index (Phi) is 3.58. The fraction of sp³-hybridized carbons (Fsp3) is 0.222. The molecule has 1 rings (SSSR count). The number of hydrogen-bond donors (Lipinski definition) is 0. The van der Waals surface area contributed by atoms with Gasteiger partial charge in [-0.25, -0.2) is 0 Å². The van der Waals surface area contributed by atoms with Crippen LogP contribution < -0.4 is 4.74 Å². The van der Waals surface area contributed by atoms with Crippen LogP contribution in [-0.2, 0) is 4.79 Å². The van der Waals surface area contributed by atoms with Gasteiger partial charge in [-0.05, 0) is 36.2 Å². The second-order valence-corrected chi connectivity index (χ2v) is 3.41. The van der Waals surface area contributed by atoms with Crippen molar-refractivity contribution in [2.75, 3.05) is 6.61 Å². The van der Waals surface area contributed by atoms with Crippen molar-refractivity contribution in [3.63, 3.8) is 0 Å². The zero-order valence-electron chi connectivity index (χ0n) is 7.01. The number of carbonyl (C=O) groups excluding carboxylic acids is 1. The van der Waals surface area contributed by atoms with Gasteiger partial charge < -0.3 is 4.74 Å². The summed E-state index contributed by atoms with van der Waals surface area (Å²) in [6, 6.07) is 5.22. The highest BCUT2D eigenvalue weighted by Gasteiger charge is 2.02. The van der Waals surface area contributed by atoms with Crippen molar-refractivity contribution in [1.82, 2.24) is 0 Å². The van der Waals surface area contributed by atoms with Gasteiger partial charge in [-0.3, -0.25) is 4.79 Å². The Morgan fingerprint density at radius 3 is 2.85 bits per heavy atom. The summed E-state index contributed by atoms with van der Waals surface area (Å²) in [4.78, 5) is 10.4. The van der Waals surface area contributed by atoms with Crippen LogP contribution in [0.15, 0.2) is 18.2 Å². The van der Waals surface area contributed by atoms with Crippen molar-refractivity contribution in [2.45, 2.75) is 6.92 Å². The lowest BCUT2D eigenvalue weighted by molar-refractivity contribution is -0.113. The van der Waals surface area contributed by atoms with Crippen molar-refractivity contribution in [3.8, 4) is 5.75 Å². The predicted molar refractivity (Wildman–Crippen MR) is 52.5 cm³/mol. The summed E-state index contributed by atoms with van der Waals surface area (Å²) in [5.74, 6) is 0.585. The van der Waals surface area contributed by atoms with Gasteiger partial charge in [-0.1, -0.05) is 17.7 Å². The highest BCUT2D eigenvalue weighted by Crippen LogP contribution is 2.22. The van der Waals surface area contributed by atoms with E-state index in [4.69, 9.17) is 27.9 Å². The first-order valence-corrected chi connectivity index (χ1v) is 4.42. The first-order valence-electron chi connectivity index (χ1n) is 3.67. The van der Waals surface area contributed by atoms with E-state index in [1.54, 1.807) is 12.1 Å². The number of aryl methyl sites for hydroxylation is 1. The third-order valence-electron chi connectivity index (χ3n) is 1.49. The molecule has 0 N–H and O–H groups in total. The molecule has 0 aliphatic rings. The molecule has 0 heterocycles. The van der Waals surface area contributed by atoms with E-state index in [1.165, 1.54) is 0 Å². The van der Waals surface area contributed by atoms with E-state index in [0.717, 1.165) is 5.56 Å². The van der Waals surface area contributed by atoms with E-state index in [0.29, 0.717) is 10.8 Å². The van der Waals surface area contributed by atoms with E-state index in [1.807, 2.05) is 13.0 Å². The van der Waals surface area contributed by atoms with Crippen LogP contribution in [0.3, 0.4) is 0 Å². The zero-order valence-corrected chi connectivity index (χ0v) is 8.52. The minimum absolute atomic E-state index is 0.136.